The molecule has 1 aliphatic heterocycles. The van der Waals surface area contributed by atoms with Crippen LogP contribution in [-0.2, 0) is 6.42 Å². The number of hydrogen-bond donors (Lipinski definition) is 2. The van der Waals surface area contributed by atoms with Gasteiger partial charge in [-0.25, -0.2) is 4.98 Å². The molecule has 0 unspecified atom stereocenters. The lowest BCUT2D eigenvalue weighted by Gasteiger charge is -2.05. The van der Waals surface area contributed by atoms with E-state index in [-0.39, 0.29) is 0 Å². The maximum Gasteiger partial charge on any atom is 0.222 e. The van der Waals surface area contributed by atoms with Gasteiger partial charge in [0.25, 0.3) is 0 Å². The summed E-state index contributed by atoms with van der Waals surface area (Å²) in [5, 5.41) is 3.23. The SMILES string of the molecule is Cc1ccc(-c2nc(N)nc3c2CCN3)s1. The summed E-state index contributed by atoms with van der Waals surface area (Å²) >= 11 is 1.74. The zero-order valence-corrected chi connectivity index (χ0v) is 9.77. The lowest BCUT2D eigenvalue weighted by molar-refractivity contribution is 1.10. The summed E-state index contributed by atoms with van der Waals surface area (Å²) in [5.41, 5.74) is 7.90. The maximum atomic E-state index is 5.72. The first kappa shape index (κ1) is 9.59. The Balaban J connectivity index is 2.20. The molecule has 2 aromatic rings. The molecule has 2 aromatic heterocycles. The third-order valence-corrected chi connectivity index (χ3v) is 3.67. The topological polar surface area (TPSA) is 63.8 Å². The predicted molar refractivity (Wildman–Crippen MR) is 66.7 cm³/mol. The minimum Gasteiger partial charge on any atom is -0.369 e. The fourth-order valence-electron chi connectivity index (χ4n) is 1.96. The summed E-state index contributed by atoms with van der Waals surface area (Å²) in [7, 11) is 0. The van der Waals surface area contributed by atoms with Crippen molar-refractivity contribution in [3.63, 3.8) is 0 Å². The predicted octanol–water partition coefficient (Wildman–Crippen LogP) is 2.06. The molecule has 16 heavy (non-hydrogen) atoms. The molecule has 1 aliphatic rings. The average molecular weight is 232 g/mol. The van der Waals surface area contributed by atoms with E-state index in [4.69, 9.17) is 5.73 Å². The number of thiophene rings is 1. The van der Waals surface area contributed by atoms with Crippen molar-refractivity contribution in [3.05, 3.63) is 22.6 Å². The summed E-state index contributed by atoms with van der Waals surface area (Å²) in [6.07, 6.45) is 0.974. The standard InChI is InChI=1S/C11H12N4S/c1-6-2-3-8(16-6)9-7-4-5-13-10(7)15-11(12)14-9/h2-3H,4-5H2,1H3,(H3,12,13,14,15). The van der Waals surface area contributed by atoms with Crippen LogP contribution in [-0.4, -0.2) is 16.5 Å². The Morgan fingerprint density at radius 2 is 2.25 bits per heavy atom. The molecule has 0 amide bonds. The fraction of sp³-hybridized carbons (Fsp3) is 0.273. The number of hydrogen-bond acceptors (Lipinski definition) is 5. The second kappa shape index (κ2) is 3.45. The number of nitrogen functional groups attached to an aromatic ring is 1. The van der Waals surface area contributed by atoms with Gasteiger partial charge in [0.15, 0.2) is 0 Å². The van der Waals surface area contributed by atoms with Gasteiger partial charge in [0, 0.05) is 17.0 Å². The second-order valence-electron chi connectivity index (χ2n) is 3.84. The van der Waals surface area contributed by atoms with Gasteiger partial charge in [-0.05, 0) is 25.5 Å². The molecule has 0 saturated heterocycles. The van der Waals surface area contributed by atoms with Crippen LogP contribution in [0.25, 0.3) is 10.6 Å². The van der Waals surface area contributed by atoms with Crippen molar-refractivity contribution in [3.8, 4) is 10.6 Å². The minimum atomic E-state index is 0.342. The third-order valence-electron chi connectivity index (χ3n) is 2.67. The lowest BCUT2D eigenvalue weighted by Crippen LogP contribution is -2.00. The van der Waals surface area contributed by atoms with Crippen molar-refractivity contribution in [2.45, 2.75) is 13.3 Å². The Morgan fingerprint density at radius 1 is 1.38 bits per heavy atom. The first-order valence-corrected chi connectivity index (χ1v) is 6.03. The first-order chi connectivity index (χ1) is 7.74. The van der Waals surface area contributed by atoms with Gasteiger partial charge in [-0.2, -0.15) is 4.98 Å². The van der Waals surface area contributed by atoms with Crippen molar-refractivity contribution in [1.82, 2.24) is 9.97 Å². The highest BCUT2D eigenvalue weighted by Crippen LogP contribution is 2.34. The summed E-state index contributed by atoms with van der Waals surface area (Å²) in [5.74, 6) is 1.24. The van der Waals surface area contributed by atoms with Gasteiger partial charge < -0.3 is 11.1 Å². The van der Waals surface area contributed by atoms with E-state index in [0.29, 0.717) is 5.95 Å². The summed E-state index contributed by atoms with van der Waals surface area (Å²) < 4.78 is 0. The van der Waals surface area contributed by atoms with Crippen molar-refractivity contribution in [1.29, 1.82) is 0 Å². The Labute approximate surface area is 97.5 Å². The molecule has 82 valence electrons. The zero-order valence-electron chi connectivity index (χ0n) is 8.95. The van der Waals surface area contributed by atoms with Gasteiger partial charge in [-0.3, -0.25) is 0 Å². The van der Waals surface area contributed by atoms with Crippen molar-refractivity contribution in [2.24, 2.45) is 0 Å². The average Bonchev–Trinajstić information content (AvgIpc) is 2.84. The summed E-state index contributed by atoms with van der Waals surface area (Å²) in [4.78, 5) is 11.0. The van der Waals surface area contributed by atoms with E-state index in [0.717, 1.165) is 24.5 Å². The summed E-state index contributed by atoms with van der Waals surface area (Å²) in [6.45, 7) is 3.02. The number of aromatic nitrogens is 2. The lowest BCUT2D eigenvalue weighted by atomic mass is 10.1. The molecule has 0 radical (unpaired) electrons. The molecule has 5 heteroatoms. The molecular weight excluding hydrogens is 220 g/mol. The number of aryl methyl sites for hydroxylation is 1. The molecule has 4 nitrogen and oxygen atoms in total. The van der Waals surface area contributed by atoms with E-state index >= 15 is 0 Å². The highest BCUT2D eigenvalue weighted by Gasteiger charge is 2.19. The van der Waals surface area contributed by atoms with Crippen LogP contribution in [0.2, 0.25) is 0 Å². The van der Waals surface area contributed by atoms with E-state index in [2.05, 4.69) is 34.3 Å². The van der Waals surface area contributed by atoms with Crippen LogP contribution in [0.3, 0.4) is 0 Å². The van der Waals surface area contributed by atoms with Gasteiger partial charge >= 0.3 is 0 Å². The molecule has 0 spiro atoms. The van der Waals surface area contributed by atoms with Crippen LogP contribution in [0.15, 0.2) is 12.1 Å². The number of nitrogens with one attached hydrogen (secondary N) is 1. The second-order valence-corrected chi connectivity index (χ2v) is 5.13. The van der Waals surface area contributed by atoms with Gasteiger partial charge in [0.1, 0.15) is 5.82 Å². The number of nitrogens with zero attached hydrogens (tertiary/aromatic N) is 2. The molecule has 0 aliphatic carbocycles. The molecule has 0 aromatic carbocycles. The van der Waals surface area contributed by atoms with Crippen molar-refractivity contribution in [2.75, 3.05) is 17.6 Å². The van der Waals surface area contributed by atoms with Gasteiger partial charge in [0.05, 0.1) is 10.6 Å². The van der Waals surface area contributed by atoms with Crippen LogP contribution >= 0.6 is 11.3 Å². The van der Waals surface area contributed by atoms with Crippen LogP contribution in [0.1, 0.15) is 10.4 Å². The summed E-state index contributed by atoms with van der Waals surface area (Å²) in [6, 6.07) is 4.20. The van der Waals surface area contributed by atoms with E-state index in [9.17, 15) is 0 Å². The molecular formula is C11H12N4S. The molecule has 3 rings (SSSR count). The van der Waals surface area contributed by atoms with Crippen LogP contribution in [0.4, 0.5) is 11.8 Å². The zero-order chi connectivity index (χ0) is 11.1. The van der Waals surface area contributed by atoms with Crippen LogP contribution in [0, 0.1) is 6.92 Å². The number of nitrogens with two attached hydrogens (primary N) is 1. The van der Waals surface area contributed by atoms with Crippen LogP contribution < -0.4 is 11.1 Å². The van der Waals surface area contributed by atoms with Crippen molar-refractivity contribution < 1.29 is 0 Å². The monoisotopic (exact) mass is 232 g/mol. The van der Waals surface area contributed by atoms with Crippen molar-refractivity contribution >= 4 is 23.1 Å². The quantitative estimate of drug-likeness (QED) is 0.790. The largest absolute Gasteiger partial charge is 0.369 e. The van der Waals surface area contributed by atoms with Crippen LogP contribution in [0.5, 0.6) is 0 Å². The molecule has 3 heterocycles. The fourth-order valence-corrected chi connectivity index (χ4v) is 2.84. The van der Waals surface area contributed by atoms with E-state index in [1.54, 1.807) is 11.3 Å². The Hall–Kier alpha value is -1.62. The van der Waals surface area contributed by atoms with E-state index in [1.807, 2.05) is 0 Å². The van der Waals surface area contributed by atoms with E-state index in [1.165, 1.54) is 15.3 Å². The Morgan fingerprint density at radius 3 is 3.00 bits per heavy atom. The number of fused-ring (bicyclic) bond motifs is 1. The molecule has 0 saturated carbocycles. The number of anilines is 2. The van der Waals surface area contributed by atoms with Gasteiger partial charge in [-0.1, -0.05) is 0 Å². The van der Waals surface area contributed by atoms with E-state index < -0.39 is 0 Å². The molecule has 0 atom stereocenters. The Kier molecular flexibility index (Phi) is 2.07. The molecule has 3 N–H and O–H groups in total. The highest BCUT2D eigenvalue weighted by atomic mass is 32.1. The number of rotatable bonds is 1. The maximum absolute atomic E-state index is 5.72. The van der Waals surface area contributed by atoms with Gasteiger partial charge in [-0.15, -0.1) is 11.3 Å². The third kappa shape index (κ3) is 1.44. The highest BCUT2D eigenvalue weighted by molar-refractivity contribution is 7.15. The Bertz CT molecular complexity index is 547. The minimum absolute atomic E-state index is 0.342. The molecule has 0 bridgehead atoms. The normalized spacial score (nSPS) is 13.6. The smallest absolute Gasteiger partial charge is 0.222 e. The molecule has 0 fully saturated rings. The first-order valence-electron chi connectivity index (χ1n) is 5.21. The van der Waals surface area contributed by atoms with Gasteiger partial charge in [0.2, 0.25) is 5.95 Å².